The van der Waals surface area contributed by atoms with Gasteiger partial charge in [0.25, 0.3) is 0 Å². The molecule has 0 atom stereocenters. The maximum Gasteiger partial charge on any atom is 0.183 e. The summed E-state index contributed by atoms with van der Waals surface area (Å²) in [6.07, 6.45) is 4.19. The quantitative estimate of drug-likeness (QED) is 0.779. The van der Waals surface area contributed by atoms with Gasteiger partial charge in [0, 0.05) is 35.6 Å². The molecule has 1 saturated heterocycles. The predicted octanol–water partition coefficient (Wildman–Crippen LogP) is 1.40. The zero-order valence-electron chi connectivity index (χ0n) is 9.99. The second kappa shape index (κ2) is 4.04. The highest BCUT2D eigenvalue weighted by molar-refractivity contribution is 5.43. The Morgan fingerprint density at radius 2 is 2.12 bits per heavy atom. The second-order valence-electron chi connectivity index (χ2n) is 4.77. The van der Waals surface area contributed by atoms with Gasteiger partial charge >= 0.3 is 0 Å². The molecule has 0 unspecified atom stereocenters. The molecule has 0 spiro atoms. The average molecular weight is 231 g/mol. The second-order valence-corrected chi connectivity index (χ2v) is 4.77. The number of aryl methyl sites for hydroxylation is 1. The van der Waals surface area contributed by atoms with E-state index in [0.29, 0.717) is 5.92 Å². The number of fused-ring (bicyclic) bond motifs is 1. The average Bonchev–Trinajstić information content (AvgIpc) is 2.67. The molecule has 2 aromatic rings. The summed E-state index contributed by atoms with van der Waals surface area (Å²) >= 11 is 0. The summed E-state index contributed by atoms with van der Waals surface area (Å²) in [7, 11) is 0. The zero-order chi connectivity index (χ0) is 11.8. The number of aromatic nitrogens is 2. The van der Waals surface area contributed by atoms with Gasteiger partial charge in [0.1, 0.15) is 5.65 Å². The highest BCUT2D eigenvalue weighted by Gasteiger charge is 2.19. The van der Waals surface area contributed by atoms with Gasteiger partial charge in [0.05, 0.1) is 0 Å². The monoisotopic (exact) mass is 231 g/mol. The molecule has 0 aliphatic carbocycles. The van der Waals surface area contributed by atoms with Crippen LogP contribution in [0.1, 0.15) is 30.1 Å². The molecule has 4 heteroatoms. The Labute approximate surface area is 99.7 Å². The van der Waals surface area contributed by atoms with Gasteiger partial charge in [-0.3, -0.25) is 4.79 Å². The Balaban J connectivity index is 2.10. The number of hydrogen-bond acceptors (Lipinski definition) is 2. The van der Waals surface area contributed by atoms with Gasteiger partial charge in [-0.05, 0) is 32.9 Å². The standard InChI is InChI=1S/C13H17N3O/c1-9-13(10-2-5-14-6-3-10)15-12-8-11(17)4-7-16(9)12/h4,7-8,10,14-15H,2-3,5-6H2,1H3. The van der Waals surface area contributed by atoms with Crippen LogP contribution in [-0.2, 0) is 0 Å². The Morgan fingerprint density at radius 3 is 2.88 bits per heavy atom. The molecule has 0 radical (unpaired) electrons. The molecule has 0 saturated carbocycles. The Bertz CT molecular complexity index is 590. The van der Waals surface area contributed by atoms with Crippen LogP contribution in [-0.4, -0.2) is 22.5 Å². The van der Waals surface area contributed by atoms with Crippen molar-refractivity contribution >= 4 is 5.65 Å². The van der Waals surface area contributed by atoms with Crippen molar-refractivity contribution in [3.63, 3.8) is 0 Å². The Kier molecular flexibility index (Phi) is 2.52. The molecule has 17 heavy (non-hydrogen) atoms. The number of pyridine rings is 1. The zero-order valence-corrected chi connectivity index (χ0v) is 9.99. The molecular weight excluding hydrogens is 214 g/mol. The maximum absolute atomic E-state index is 11.3. The fourth-order valence-corrected chi connectivity index (χ4v) is 2.74. The van der Waals surface area contributed by atoms with Gasteiger partial charge in [-0.15, -0.1) is 0 Å². The number of nitrogens with one attached hydrogen (secondary N) is 2. The minimum atomic E-state index is 0.0584. The number of imidazole rings is 1. The number of rotatable bonds is 1. The summed E-state index contributed by atoms with van der Waals surface area (Å²) in [5.74, 6) is 0.589. The number of H-pyrrole nitrogens is 1. The van der Waals surface area contributed by atoms with E-state index < -0.39 is 0 Å². The van der Waals surface area contributed by atoms with Crippen molar-refractivity contribution in [2.75, 3.05) is 13.1 Å². The van der Waals surface area contributed by atoms with Crippen LogP contribution in [0.25, 0.3) is 5.65 Å². The number of aromatic amines is 1. The van der Waals surface area contributed by atoms with Crippen molar-refractivity contribution in [2.45, 2.75) is 25.7 Å². The van der Waals surface area contributed by atoms with Crippen LogP contribution in [0.5, 0.6) is 0 Å². The fraction of sp³-hybridized carbons (Fsp3) is 0.462. The van der Waals surface area contributed by atoms with E-state index in [9.17, 15) is 4.79 Å². The third kappa shape index (κ3) is 1.78. The summed E-state index contributed by atoms with van der Waals surface area (Å²) in [4.78, 5) is 14.7. The van der Waals surface area contributed by atoms with E-state index in [1.54, 1.807) is 12.1 Å². The Morgan fingerprint density at radius 1 is 1.35 bits per heavy atom. The number of piperidine rings is 1. The summed E-state index contributed by atoms with van der Waals surface area (Å²) in [5, 5.41) is 3.38. The molecule has 2 aromatic heterocycles. The van der Waals surface area contributed by atoms with Crippen molar-refractivity contribution in [3.8, 4) is 0 Å². The molecule has 90 valence electrons. The van der Waals surface area contributed by atoms with Crippen LogP contribution in [0.4, 0.5) is 0 Å². The number of hydrogen-bond donors (Lipinski definition) is 2. The SMILES string of the molecule is Cc1c(C2CCNCC2)[nH]c2cc(=O)ccn12. The molecule has 1 fully saturated rings. The first-order chi connectivity index (χ1) is 8.25. The van der Waals surface area contributed by atoms with Crippen molar-refractivity contribution in [1.82, 2.24) is 14.7 Å². The molecule has 0 bridgehead atoms. The van der Waals surface area contributed by atoms with E-state index in [4.69, 9.17) is 0 Å². The van der Waals surface area contributed by atoms with Gasteiger partial charge in [0.15, 0.2) is 5.43 Å². The third-order valence-electron chi connectivity index (χ3n) is 3.69. The van der Waals surface area contributed by atoms with Gasteiger partial charge in [0.2, 0.25) is 0 Å². The maximum atomic E-state index is 11.3. The van der Waals surface area contributed by atoms with Crippen LogP contribution < -0.4 is 10.7 Å². The molecule has 0 aromatic carbocycles. The minimum Gasteiger partial charge on any atom is -0.343 e. The lowest BCUT2D eigenvalue weighted by atomic mass is 9.94. The van der Waals surface area contributed by atoms with E-state index in [1.165, 1.54) is 24.2 Å². The first-order valence-electron chi connectivity index (χ1n) is 6.17. The lowest BCUT2D eigenvalue weighted by Crippen LogP contribution is -2.27. The molecule has 3 heterocycles. The molecule has 2 N–H and O–H groups in total. The van der Waals surface area contributed by atoms with Crippen molar-refractivity contribution in [2.24, 2.45) is 0 Å². The highest BCUT2D eigenvalue weighted by atomic mass is 16.1. The molecule has 0 amide bonds. The number of nitrogens with zero attached hydrogens (tertiary/aromatic N) is 1. The van der Waals surface area contributed by atoms with Crippen LogP contribution >= 0.6 is 0 Å². The van der Waals surface area contributed by atoms with Gasteiger partial charge in [-0.25, -0.2) is 0 Å². The van der Waals surface area contributed by atoms with Gasteiger partial charge < -0.3 is 14.7 Å². The van der Waals surface area contributed by atoms with E-state index in [1.807, 2.05) is 6.20 Å². The molecule has 3 rings (SSSR count). The molecule has 1 aliphatic heterocycles. The van der Waals surface area contributed by atoms with Gasteiger partial charge in [-0.1, -0.05) is 0 Å². The lowest BCUT2D eigenvalue weighted by molar-refractivity contribution is 0.453. The van der Waals surface area contributed by atoms with Crippen molar-refractivity contribution < 1.29 is 0 Å². The fourth-order valence-electron chi connectivity index (χ4n) is 2.74. The molecule has 4 nitrogen and oxygen atoms in total. The van der Waals surface area contributed by atoms with E-state index in [2.05, 4.69) is 21.6 Å². The van der Waals surface area contributed by atoms with E-state index >= 15 is 0 Å². The lowest BCUT2D eigenvalue weighted by Gasteiger charge is -2.22. The van der Waals surface area contributed by atoms with Crippen molar-refractivity contribution in [1.29, 1.82) is 0 Å². The summed E-state index contributed by atoms with van der Waals surface area (Å²) in [6.45, 7) is 4.28. The summed E-state index contributed by atoms with van der Waals surface area (Å²) in [6, 6.07) is 3.28. The summed E-state index contributed by atoms with van der Waals surface area (Å²) < 4.78 is 2.07. The normalized spacial score (nSPS) is 17.7. The van der Waals surface area contributed by atoms with Crippen LogP contribution in [0.15, 0.2) is 23.1 Å². The third-order valence-corrected chi connectivity index (χ3v) is 3.69. The summed E-state index contributed by atoms with van der Waals surface area (Å²) in [5.41, 5.74) is 3.48. The van der Waals surface area contributed by atoms with E-state index in [0.717, 1.165) is 18.7 Å². The first kappa shape index (κ1) is 10.6. The van der Waals surface area contributed by atoms with Crippen LogP contribution in [0, 0.1) is 6.92 Å². The molecular formula is C13H17N3O. The first-order valence-corrected chi connectivity index (χ1v) is 6.17. The predicted molar refractivity (Wildman–Crippen MR) is 67.6 cm³/mol. The van der Waals surface area contributed by atoms with E-state index in [-0.39, 0.29) is 5.43 Å². The van der Waals surface area contributed by atoms with Crippen LogP contribution in [0.3, 0.4) is 0 Å². The van der Waals surface area contributed by atoms with Gasteiger partial charge in [-0.2, -0.15) is 0 Å². The highest BCUT2D eigenvalue weighted by Crippen LogP contribution is 2.27. The Hall–Kier alpha value is -1.55. The minimum absolute atomic E-state index is 0.0584. The molecule has 1 aliphatic rings. The largest absolute Gasteiger partial charge is 0.343 e. The van der Waals surface area contributed by atoms with Crippen molar-refractivity contribution in [3.05, 3.63) is 39.9 Å². The smallest absolute Gasteiger partial charge is 0.183 e. The van der Waals surface area contributed by atoms with Crippen LogP contribution in [0.2, 0.25) is 0 Å². The topological polar surface area (TPSA) is 49.3 Å².